The Morgan fingerprint density at radius 2 is 1.59 bits per heavy atom. The van der Waals surface area contributed by atoms with Crippen LogP contribution in [0.3, 0.4) is 0 Å². The van der Waals surface area contributed by atoms with E-state index in [1.165, 1.54) is 44.1 Å². The SMILES string of the molecule is COC(C)OCOc1cc(C#Cc2ccc(C(=O)O)cc2)ccc1C12CC3CC(CC(C3)C1)C2. The number of ether oxygens (including phenoxy) is 3. The average Bonchev–Trinajstić information content (AvgIpc) is 2.82. The Morgan fingerprint density at radius 3 is 2.18 bits per heavy atom. The van der Waals surface area contributed by atoms with Crippen molar-refractivity contribution in [2.75, 3.05) is 13.9 Å². The van der Waals surface area contributed by atoms with Crippen molar-refractivity contribution in [2.24, 2.45) is 17.8 Å². The topological polar surface area (TPSA) is 65.0 Å². The van der Waals surface area contributed by atoms with Gasteiger partial charge in [-0.25, -0.2) is 4.79 Å². The summed E-state index contributed by atoms with van der Waals surface area (Å²) in [5.74, 6) is 8.82. The van der Waals surface area contributed by atoms with Gasteiger partial charge in [0.2, 0.25) is 0 Å². The van der Waals surface area contributed by atoms with Crippen molar-refractivity contribution in [3.8, 4) is 17.6 Å². The van der Waals surface area contributed by atoms with Crippen molar-refractivity contribution in [1.29, 1.82) is 0 Å². The first-order valence-corrected chi connectivity index (χ1v) is 12.2. The molecule has 1 N–H and O–H groups in total. The Balaban J connectivity index is 1.42. The maximum atomic E-state index is 11.1. The van der Waals surface area contributed by atoms with Crippen LogP contribution in [0, 0.1) is 29.6 Å². The Bertz CT molecular complexity index is 1070. The van der Waals surface area contributed by atoms with Crippen molar-refractivity contribution >= 4 is 5.97 Å². The van der Waals surface area contributed by atoms with E-state index >= 15 is 0 Å². The predicted molar refractivity (Wildman–Crippen MR) is 129 cm³/mol. The average molecular weight is 461 g/mol. The lowest BCUT2D eigenvalue weighted by Crippen LogP contribution is -2.48. The van der Waals surface area contributed by atoms with E-state index in [0.29, 0.717) is 0 Å². The molecular weight excluding hydrogens is 428 g/mol. The lowest BCUT2D eigenvalue weighted by molar-refractivity contribution is -0.150. The number of benzene rings is 2. The highest BCUT2D eigenvalue weighted by Crippen LogP contribution is 2.61. The Kier molecular flexibility index (Phi) is 6.38. The third kappa shape index (κ3) is 4.71. The standard InChI is InChI=1S/C29H32O5/c1-19(32-2)33-18-34-27-14-21(4-3-20-5-8-25(9-6-20)28(30)31)7-10-26(27)29-15-22-11-23(16-29)13-24(12-22)17-29/h5-10,14,19,22-24H,11-13,15-18H2,1-2H3,(H,30,31). The van der Waals surface area contributed by atoms with Crippen LogP contribution < -0.4 is 4.74 Å². The number of carbonyl (C=O) groups is 1. The summed E-state index contributed by atoms with van der Waals surface area (Å²) in [6, 6.07) is 13.0. The van der Waals surface area contributed by atoms with Crippen molar-refractivity contribution in [3.63, 3.8) is 0 Å². The lowest BCUT2D eigenvalue weighted by Gasteiger charge is -2.57. The van der Waals surface area contributed by atoms with Gasteiger partial charge in [-0.1, -0.05) is 17.9 Å². The number of carboxylic acids is 1. The summed E-state index contributed by atoms with van der Waals surface area (Å²) in [5, 5.41) is 9.08. The largest absolute Gasteiger partial charge is 0.478 e. The van der Waals surface area contributed by atoms with Gasteiger partial charge in [-0.15, -0.1) is 0 Å². The smallest absolute Gasteiger partial charge is 0.335 e. The molecule has 178 valence electrons. The van der Waals surface area contributed by atoms with Gasteiger partial charge in [0.1, 0.15) is 5.75 Å². The molecule has 0 heterocycles. The zero-order valence-corrected chi connectivity index (χ0v) is 19.9. The van der Waals surface area contributed by atoms with Crippen LogP contribution in [0.2, 0.25) is 0 Å². The third-order valence-corrected chi connectivity index (χ3v) is 7.92. The number of carboxylic acid groups (broad SMARTS) is 1. The molecule has 0 amide bonds. The minimum atomic E-state index is -0.938. The van der Waals surface area contributed by atoms with E-state index < -0.39 is 5.97 Å². The first-order chi connectivity index (χ1) is 16.4. The van der Waals surface area contributed by atoms with Gasteiger partial charge in [0.15, 0.2) is 13.1 Å². The van der Waals surface area contributed by atoms with Gasteiger partial charge in [-0.3, -0.25) is 0 Å². The van der Waals surface area contributed by atoms with Crippen LogP contribution in [0.4, 0.5) is 0 Å². The molecule has 0 aromatic heterocycles. The molecular formula is C29H32O5. The van der Waals surface area contributed by atoms with Gasteiger partial charge in [0.25, 0.3) is 0 Å². The fourth-order valence-electron chi connectivity index (χ4n) is 6.70. The molecule has 5 nitrogen and oxygen atoms in total. The van der Waals surface area contributed by atoms with Gasteiger partial charge in [-0.2, -0.15) is 0 Å². The van der Waals surface area contributed by atoms with E-state index in [9.17, 15) is 4.79 Å². The Morgan fingerprint density at radius 1 is 1.00 bits per heavy atom. The van der Waals surface area contributed by atoms with Crippen LogP contribution >= 0.6 is 0 Å². The highest BCUT2D eigenvalue weighted by atomic mass is 16.7. The summed E-state index contributed by atoms with van der Waals surface area (Å²) in [6.45, 7) is 1.97. The van der Waals surface area contributed by atoms with E-state index in [2.05, 4.69) is 24.0 Å². The van der Waals surface area contributed by atoms with E-state index in [1.807, 2.05) is 13.0 Å². The predicted octanol–water partition coefficient (Wildman–Crippen LogP) is 5.60. The molecule has 0 saturated heterocycles. The number of methoxy groups -OCH3 is 1. The fourth-order valence-corrected chi connectivity index (χ4v) is 6.70. The molecule has 2 aromatic rings. The molecule has 0 spiro atoms. The van der Waals surface area contributed by atoms with Gasteiger partial charge in [0, 0.05) is 23.8 Å². The van der Waals surface area contributed by atoms with Crippen LogP contribution in [-0.4, -0.2) is 31.3 Å². The molecule has 1 atom stereocenters. The maximum absolute atomic E-state index is 11.1. The molecule has 4 bridgehead atoms. The van der Waals surface area contributed by atoms with Crippen molar-refractivity contribution in [3.05, 3.63) is 64.7 Å². The summed E-state index contributed by atoms with van der Waals surface area (Å²) >= 11 is 0. The van der Waals surface area contributed by atoms with Crippen LogP contribution in [0.25, 0.3) is 0 Å². The zero-order valence-electron chi connectivity index (χ0n) is 19.9. The van der Waals surface area contributed by atoms with Gasteiger partial charge in [0.05, 0.1) is 5.56 Å². The molecule has 0 aliphatic heterocycles. The molecule has 4 saturated carbocycles. The molecule has 0 radical (unpaired) electrons. The van der Waals surface area contributed by atoms with E-state index in [1.54, 1.807) is 31.4 Å². The summed E-state index contributed by atoms with van der Waals surface area (Å²) < 4.78 is 17.0. The normalized spacial score (nSPS) is 27.6. The van der Waals surface area contributed by atoms with Crippen LogP contribution in [0.1, 0.15) is 72.5 Å². The Labute approximate surface area is 201 Å². The summed E-state index contributed by atoms with van der Waals surface area (Å²) in [5.41, 5.74) is 3.40. The molecule has 4 aliphatic rings. The molecule has 2 aromatic carbocycles. The van der Waals surface area contributed by atoms with Crippen LogP contribution in [0.15, 0.2) is 42.5 Å². The minimum absolute atomic E-state index is 0.127. The third-order valence-electron chi connectivity index (χ3n) is 7.92. The Hall–Kier alpha value is -2.81. The first-order valence-electron chi connectivity index (χ1n) is 12.2. The second-order valence-electron chi connectivity index (χ2n) is 10.3. The number of aromatic carboxylic acids is 1. The summed E-state index contributed by atoms with van der Waals surface area (Å²) in [4.78, 5) is 11.1. The summed E-state index contributed by atoms with van der Waals surface area (Å²) in [6.07, 6.45) is 7.62. The van der Waals surface area contributed by atoms with Crippen molar-refractivity contribution in [2.45, 2.75) is 57.2 Å². The molecule has 4 aliphatic carbocycles. The van der Waals surface area contributed by atoms with Gasteiger partial charge < -0.3 is 19.3 Å². The van der Waals surface area contributed by atoms with E-state index in [0.717, 1.165) is 34.6 Å². The second-order valence-corrected chi connectivity index (χ2v) is 10.3. The van der Waals surface area contributed by atoms with Gasteiger partial charge >= 0.3 is 5.97 Å². The molecule has 6 rings (SSSR count). The number of hydrogen-bond acceptors (Lipinski definition) is 4. The van der Waals surface area contributed by atoms with Crippen LogP contribution in [0.5, 0.6) is 5.75 Å². The highest BCUT2D eigenvalue weighted by Gasteiger charge is 2.52. The lowest BCUT2D eigenvalue weighted by atomic mass is 9.48. The maximum Gasteiger partial charge on any atom is 0.335 e. The van der Waals surface area contributed by atoms with Gasteiger partial charge in [-0.05, 0) is 105 Å². The first kappa shape index (κ1) is 23.0. The quantitative estimate of drug-likeness (QED) is 0.431. The fraction of sp³-hybridized carbons (Fsp3) is 0.483. The van der Waals surface area contributed by atoms with E-state index in [4.69, 9.17) is 19.3 Å². The van der Waals surface area contributed by atoms with Crippen molar-refractivity contribution in [1.82, 2.24) is 0 Å². The summed E-state index contributed by atoms with van der Waals surface area (Å²) in [7, 11) is 1.62. The second kappa shape index (κ2) is 9.44. The van der Waals surface area contributed by atoms with Crippen LogP contribution in [-0.2, 0) is 14.9 Å². The molecule has 34 heavy (non-hydrogen) atoms. The molecule has 4 fully saturated rings. The highest BCUT2D eigenvalue weighted by molar-refractivity contribution is 5.87. The monoisotopic (exact) mass is 460 g/mol. The number of rotatable bonds is 7. The minimum Gasteiger partial charge on any atom is -0.478 e. The molecule has 1 unspecified atom stereocenters. The number of hydrogen-bond donors (Lipinski definition) is 1. The van der Waals surface area contributed by atoms with E-state index in [-0.39, 0.29) is 24.1 Å². The molecule has 5 heteroatoms. The zero-order chi connectivity index (χ0) is 23.7. The van der Waals surface area contributed by atoms with Crippen molar-refractivity contribution < 1.29 is 24.1 Å².